The van der Waals surface area contributed by atoms with Gasteiger partial charge in [-0.3, -0.25) is 9.59 Å². The first-order valence-electron chi connectivity index (χ1n) is 7.34. The van der Waals surface area contributed by atoms with E-state index in [0.717, 1.165) is 0 Å². The van der Waals surface area contributed by atoms with Crippen molar-refractivity contribution in [1.82, 2.24) is 0 Å². The molecule has 4 nitrogen and oxygen atoms in total. The SMILES string of the molecule is COC(=O)CCCCC(=O)OC.C[C](C)(C)[Sn][C](C)(C)C. The summed E-state index contributed by atoms with van der Waals surface area (Å²) >= 11 is -0.182. The van der Waals surface area contributed by atoms with E-state index in [1.54, 1.807) is 0 Å². The van der Waals surface area contributed by atoms with E-state index in [-0.39, 0.29) is 33.1 Å². The summed E-state index contributed by atoms with van der Waals surface area (Å²) in [4.78, 5) is 21.2. The van der Waals surface area contributed by atoms with Crippen LogP contribution in [0.1, 0.15) is 67.2 Å². The molecule has 124 valence electrons. The minimum absolute atomic E-state index is 0.182. The van der Waals surface area contributed by atoms with Crippen LogP contribution in [0.5, 0.6) is 0 Å². The molecule has 0 heterocycles. The van der Waals surface area contributed by atoms with Crippen LogP contribution in [0, 0.1) is 0 Å². The van der Waals surface area contributed by atoms with E-state index in [1.807, 2.05) is 0 Å². The molecule has 0 aliphatic heterocycles. The van der Waals surface area contributed by atoms with E-state index < -0.39 is 0 Å². The van der Waals surface area contributed by atoms with E-state index in [0.29, 0.717) is 32.5 Å². The molecule has 0 aromatic carbocycles. The van der Waals surface area contributed by atoms with Crippen LogP contribution in [0.3, 0.4) is 0 Å². The Morgan fingerprint density at radius 3 is 1.19 bits per heavy atom. The fourth-order valence-electron chi connectivity index (χ4n) is 1.87. The van der Waals surface area contributed by atoms with E-state index in [4.69, 9.17) is 0 Å². The number of carbonyl (C=O) groups excluding carboxylic acids is 2. The maximum absolute atomic E-state index is 10.6. The Labute approximate surface area is 140 Å². The zero-order chi connectivity index (χ0) is 17.1. The Kier molecular flexibility index (Phi) is 12.4. The number of ether oxygens (including phenoxy) is 2. The molecule has 0 aromatic rings. The van der Waals surface area contributed by atoms with Crippen molar-refractivity contribution >= 4 is 33.1 Å². The Morgan fingerprint density at radius 1 is 0.762 bits per heavy atom. The monoisotopic (exact) mass is 408 g/mol. The first-order valence-corrected chi connectivity index (χ1v) is 10.2. The summed E-state index contributed by atoms with van der Waals surface area (Å²) in [5, 5.41) is 0. The Balaban J connectivity index is 0. The molecule has 0 aliphatic rings. The first-order chi connectivity index (χ1) is 9.41. The van der Waals surface area contributed by atoms with Gasteiger partial charge in [-0.25, -0.2) is 0 Å². The molecule has 2 radical (unpaired) electrons. The first kappa shape index (κ1) is 23.0. The second-order valence-electron chi connectivity index (χ2n) is 6.98. The number of hydrogen-bond acceptors (Lipinski definition) is 4. The van der Waals surface area contributed by atoms with E-state index in [1.165, 1.54) is 14.2 Å². The number of hydrogen-bond donors (Lipinski definition) is 0. The molecule has 0 unspecified atom stereocenters. The second-order valence-corrected chi connectivity index (χ2v) is 16.3. The van der Waals surface area contributed by atoms with Gasteiger partial charge >= 0.3 is 81.5 Å². The Hall–Kier alpha value is -0.261. The molecule has 0 fully saturated rings. The minimum atomic E-state index is -0.236. The standard InChI is InChI=1S/C8H14O4.2C4H9.Sn/c1-11-7(9)5-3-4-6-8(10)12-2;2*1-4(2)3;/h3-6H2,1-2H3;2*1-3H3;. The average Bonchev–Trinajstić information content (AvgIpc) is 2.30. The van der Waals surface area contributed by atoms with Gasteiger partial charge in [0.25, 0.3) is 0 Å². The fourth-order valence-corrected chi connectivity index (χ4v) is 8.29. The summed E-state index contributed by atoms with van der Waals surface area (Å²) < 4.78 is 10.2. The van der Waals surface area contributed by atoms with Gasteiger partial charge in [0.1, 0.15) is 0 Å². The van der Waals surface area contributed by atoms with Crippen molar-refractivity contribution in [2.24, 2.45) is 0 Å². The van der Waals surface area contributed by atoms with Crippen molar-refractivity contribution in [2.75, 3.05) is 14.2 Å². The van der Waals surface area contributed by atoms with Crippen molar-refractivity contribution in [3.63, 3.8) is 0 Å². The summed E-state index contributed by atoms with van der Waals surface area (Å²) in [5.74, 6) is -0.472. The van der Waals surface area contributed by atoms with Gasteiger partial charge in [0.05, 0.1) is 14.2 Å². The van der Waals surface area contributed by atoms with Crippen LogP contribution < -0.4 is 0 Å². The van der Waals surface area contributed by atoms with Gasteiger partial charge in [-0.1, -0.05) is 0 Å². The number of rotatable bonds is 5. The van der Waals surface area contributed by atoms with E-state index in [9.17, 15) is 9.59 Å². The van der Waals surface area contributed by atoms with Crippen molar-refractivity contribution in [1.29, 1.82) is 0 Å². The fraction of sp³-hybridized carbons (Fsp3) is 0.875. The molecule has 21 heavy (non-hydrogen) atoms. The molecular weight excluding hydrogens is 375 g/mol. The maximum atomic E-state index is 10.6. The summed E-state index contributed by atoms with van der Waals surface area (Å²) in [7, 11) is 2.70. The summed E-state index contributed by atoms with van der Waals surface area (Å²) in [6.07, 6.45) is 2.07. The number of methoxy groups -OCH3 is 2. The van der Waals surface area contributed by atoms with Gasteiger partial charge in [0, 0.05) is 12.8 Å². The average molecular weight is 407 g/mol. The summed E-state index contributed by atoms with van der Waals surface area (Å²) in [6, 6.07) is 0. The van der Waals surface area contributed by atoms with Crippen LogP contribution in [-0.2, 0) is 19.1 Å². The zero-order valence-electron chi connectivity index (χ0n) is 15.0. The molecule has 0 aromatic heterocycles. The van der Waals surface area contributed by atoms with Crippen LogP contribution >= 0.6 is 0 Å². The van der Waals surface area contributed by atoms with E-state index >= 15 is 0 Å². The molecule has 0 atom stereocenters. The third-order valence-electron chi connectivity index (χ3n) is 2.22. The normalized spacial score (nSPS) is 11.2. The van der Waals surface area contributed by atoms with Crippen molar-refractivity contribution in [3.05, 3.63) is 0 Å². The Bertz CT molecular complexity index is 270. The summed E-state index contributed by atoms with van der Waals surface area (Å²) in [6.45, 7) is 14.2. The summed E-state index contributed by atoms with van der Waals surface area (Å²) in [5.41, 5.74) is 0. The molecule has 0 rings (SSSR count). The number of carbonyl (C=O) groups is 2. The van der Waals surface area contributed by atoms with Crippen LogP contribution in [0.25, 0.3) is 0 Å². The van der Waals surface area contributed by atoms with Crippen molar-refractivity contribution < 1.29 is 19.1 Å². The predicted molar refractivity (Wildman–Crippen MR) is 87.7 cm³/mol. The van der Waals surface area contributed by atoms with Gasteiger partial charge in [0.15, 0.2) is 0 Å². The third kappa shape index (κ3) is 22.2. The van der Waals surface area contributed by atoms with Crippen LogP contribution in [0.4, 0.5) is 0 Å². The second kappa shape index (κ2) is 11.3. The topological polar surface area (TPSA) is 52.6 Å². The molecule has 0 saturated carbocycles. The van der Waals surface area contributed by atoms with Gasteiger partial charge < -0.3 is 9.47 Å². The number of esters is 2. The van der Waals surface area contributed by atoms with Crippen molar-refractivity contribution in [3.8, 4) is 0 Å². The molecule has 0 N–H and O–H groups in total. The molecule has 0 bridgehead atoms. The molecule has 0 saturated heterocycles. The van der Waals surface area contributed by atoms with E-state index in [2.05, 4.69) is 51.0 Å². The third-order valence-corrected chi connectivity index (χ3v) is 6.50. The predicted octanol–water partition coefficient (Wildman–Crippen LogP) is 4.02. The zero-order valence-corrected chi connectivity index (χ0v) is 17.8. The number of unbranched alkanes of at least 4 members (excludes halogenated alkanes) is 1. The molecule has 0 spiro atoms. The quantitative estimate of drug-likeness (QED) is 0.393. The van der Waals surface area contributed by atoms with Gasteiger partial charge in [-0.05, 0) is 12.8 Å². The van der Waals surface area contributed by atoms with Gasteiger partial charge in [0.2, 0.25) is 0 Å². The van der Waals surface area contributed by atoms with Crippen LogP contribution in [-0.4, -0.2) is 47.3 Å². The van der Waals surface area contributed by atoms with Crippen molar-refractivity contribution in [2.45, 2.75) is 74.1 Å². The molecule has 0 amide bonds. The van der Waals surface area contributed by atoms with Gasteiger partial charge in [-0.15, -0.1) is 0 Å². The molecular formula is C16H32O4Sn. The molecule has 0 aliphatic carbocycles. The Morgan fingerprint density at radius 2 is 1.05 bits per heavy atom. The van der Waals surface area contributed by atoms with Gasteiger partial charge in [-0.2, -0.15) is 0 Å². The molecule has 5 heteroatoms. The van der Waals surface area contributed by atoms with Crippen LogP contribution in [0.2, 0.25) is 6.86 Å². The van der Waals surface area contributed by atoms with Crippen LogP contribution in [0.15, 0.2) is 0 Å².